The van der Waals surface area contributed by atoms with Crippen molar-refractivity contribution in [2.45, 2.75) is 56.5 Å². The van der Waals surface area contributed by atoms with Crippen molar-refractivity contribution >= 4 is 40.5 Å². The van der Waals surface area contributed by atoms with Crippen LogP contribution in [0.3, 0.4) is 0 Å². The summed E-state index contributed by atoms with van der Waals surface area (Å²) in [5.74, 6) is 3.07. The van der Waals surface area contributed by atoms with Gasteiger partial charge in [0.1, 0.15) is 11.5 Å². The Labute approximate surface area is 210 Å². The molecular formula is C27H29Cl2N3O2. The second-order valence-corrected chi connectivity index (χ2v) is 11.5. The fourth-order valence-electron chi connectivity index (χ4n) is 7.20. The number of benzene rings is 2. The van der Waals surface area contributed by atoms with Crippen LogP contribution < -0.4 is 15.1 Å². The van der Waals surface area contributed by atoms with Gasteiger partial charge in [-0.05, 0) is 92.2 Å². The van der Waals surface area contributed by atoms with Crippen LogP contribution in [0.25, 0.3) is 0 Å². The highest BCUT2D eigenvalue weighted by atomic mass is 35.5. The predicted octanol–water partition coefficient (Wildman–Crippen LogP) is 6.39. The summed E-state index contributed by atoms with van der Waals surface area (Å²) in [6.07, 6.45) is 7.91. The van der Waals surface area contributed by atoms with Gasteiger partial charge in [0.25, 0.3) is 5.91 Å². The number of rotatable bonds is 5. The van der Waals surface area contributed by atoms with Crippen LogP contribution in [-0.4, -0.2) is 24.3 Å². The van der Waals surface area contributed by atoms with Crippen LogP contribution in [0.1, 0.15) is 56.6 Å². The zero-order chi connectivity index (χ0) is 23.4. The molecule has 0 aromatic heterocycles. The summed E-state index contributed by atoms with van der Waals surface area (Å²) in [5.41, 5.74) is 2.30. The molecule has 1 aliphatic heterocycles. The van der Waals surface area contributed by atoms with E-state index in [0.717, 1.165) is 54.0 Å². The van der Waals surface area contributed by atoms with E-state index < -0.39 is 0 Å². The van der Waals surface area contributed by atoms with Gasteiger partial charge in [0.2, 0.25) is 0 Å². The van der Waals surface area contributed by atoms with E-state index in [1.807, 2.05) is 35.3 Å². The van der Waals surface area contributed by atoms with Crippen molar-refractivity contribution in [3.05, 3.63) is 58.1 Å². The Morgan fingerprint density at radius 3 is 2.26 bits per heavy atom. The van der Waals surface area contributed by atoms with E-state index in [4.69, 9.17) is 33.0 Å². The molecule has 178 valence electrons. The number of anilines is 1. The number of amides is 1. The van der Waals surface area contributed by atoms with Gasteiger partial charge in [-0.3, -0.25) is 9.80 Å². The molecule has 7 heteroatoms. The summed E-state index contributed by atoms with van der Waals surface area (Å²) in [5, 5.41) is 11.3. The van der Waals surface area contributed by atoms with E-state index in [1.54, 1.807) is 19.2 Å². The van der Waals surface area contributed by atoms with Crippen LogP contribution in [0.4, 0.5) is 5.69 Å². The van der Waals surface area contributed by atoms with Crippen LogP contribution in [0.2, 0.25) is 10.0 Å². The number of hydrogen-bond donors (Lipinski definition) is 1. The summed E-state index contributed by atoms with van der Waals surface area (Å²) in [6, 6.07) is 13.2. The molecule has 2 aromatic rings. The first-order valence-corrected chi connectivity index (χ1v) is 13.0. The van der Waals surface area contributed by atoms with Crippen LogP contribution in [-0.2, 0) is 4.79 Å². The number of carbonyl (C=O) groups is 1. The molecule has 7 rings (SSSR count). The van der Waals surface area contributed by atoms with Gasteiger partial charge in [0.05, 0.1) is 23.9 Å². The Kier molecular flexibility index (Phi) is 5.53. The first-order chi connectivity index (χ1) is 16.4. The third-order valence-corrected chi connectivity index (χ3v) is 8.78. The van der Waals surface area contributed by atoms with Crippen LogP contribution in [0, 0.1) is 17.8 Å². The van der Waals surface area contributed by atoms with Gasteiger partial charge in [-0.15, -0.1) is 0 Å². The lowest BCUT2D eigenvalue weighted by Gasteiger charge is -2.56. The number of halogens is 2. The molecule has 0 spiro atoms. The smallest absolute Gasteiger partial charge is 0.268 e. The maximum absolute atomic E-state index is 13.6. The first kappa shape index (κ1) is 22.2. The fourth-order valence-corrected chi connectivity index (χ4v) is 7.69. The second kappa shape index (κ2) is 8.46. The highest BCUT2D eigenvalue weighted by molar-refractivity contribution is 6.40. The Morgan fingerprint density at radius 2 is 1.68 bits per heavy atom. The Balaban J connectivity index is 1.29. The van der Waals surface area contributed by atoms with E-state index in [-0.39, 0.29) is 17.5 Å². The van der Waals surface area contributed by atoms with E-state index in [1.165, 1.54) is 19.3 Å². The average molecular weight is 498 g/mol. The normalized spacial score (nSPS) is 31.5. The van der Waals surface area contributed by atoms with Gasteiger partial charge >= 0.3 is 0 Å². The van der Waals surface area contributed by atoms with Crippen molar-refractivity contribution in [1.82, 2.24) is 5.32 Å². The van der Waals surface area contributed by atoms with E-state index in [9.17, 15) is 4.79 Å². The van der Waals surface area contributed by atoms with Gasteiger partial charge in [-0.25, -0.2) is 0 Å². The van der Waals surface area contributed by atoms with Crippen molar-refractivity contribution < 1.29 is 9.53 Å². The molecule has 4 saturated carbocycles. The molecule has 1 amide bonds. The molecule has 1 N–H and O–H groups in total. The van der Waals surface area contributed by atoms with E-state index in [0.29, 0.717) is 22.2 Å². The van der Waals surface area contributed by atoms with Gasteiger partial charge in [-0.2, -0.15) is 5.10 Å². The minimum atomic E-state index is -0.137. The molecule has 0 saturated heterocycles. The lowest BCUT2D eigenvalue weighted by atomic mass is 9.53. The van der Waals surface area contributed by atoms with Gasteiger partial charge < -0.3 is 10.1 Å². The van der Waals surface area contributed by atoms with Crippen LogP contribution in [0.5, 0.6) is 5.75 Å². The minimum Gasteiger partial charge on any atom is -0.497 e. The maximum Gasteiger partial charge on any atom is 0.268 e. The quantitative estimate of drug-likeness (QED) is 0.520. The molecule has 4 fully saturated rings. The number of carbonyl (C=O) groups excluding carboxylic acids is 1. The molecule has 4 aliphatic carbocycles. The number of hydrazone groups is 1. The molecule has 34 heavy (non-hydrogen) atoms. The number of methoxy groups -OCH3 is 1. The topological polar surface area (TPSA) is 53.9 Å². The largest absolute Gasteiger partial charge is 0.497 e. The molecule has 5 aliphatic rings. The Bertz CT molecular complexity index is 1110. The fraction of sp³-hybridized carbons (Fsp3) is 0.481. The van der Waals surface area contributed by atoms with Gasteiger partial charge in [-0.1, -0.05) is 35.3 Å². The van der Waals surface area contributed by atoms with Crippen LogP contribution in [0.15, 0.2) is 47.6 Å². The molecule has 1 unspecified atom stereocenters. The Morgan fingerprint density at radius 1 is 1.03 bits per heavy atom. The van der Waals surface area contributed by atoms with E-state index in [2.05, 4.69) is 5.32 Å². The summed E-state index contributed by atoms with van der Waals surface area (Å²) in [4.78, 5) is 13.6. The molecule has 4 bridgehead atoms. The molecule has 5 nitrogen and oxygen atoms in total. The SMILES string of the molecule is COc1ccc(C2CC(C(=O)NC34CC5CC(CC(C5)C3)C4)=NN2c2ccc(Cl)cc2Cl)cc1. The standard InChI is InChI=1S/C27H29Cl2N3O2/c1-34-21-5-2-19(3-6-21)25-12-23(31-32(25)24-7-4-20(28)11-22(24)29)26(33)30-27-13-16-8-17(14-27)10-18(9-16)15-27/h2-7,11,16-18,25H,8-10,12-15H2,1H3,(H,30,33). The lowest BCUT2D eigenvalue weighted by Crippen LogP contribution is -2.60. The number of ether oxygens (including phenoxy) is 1. The molecule has 1 heterocycles. The first-order valence-electron chi connectivity index (χ1n) is 12.2. The summed E-state index contributed by atoms with van der Waals surface area (Å²) < 4.78 is 5.33. The van der Waals surface area contributed by atoms with Crippen molar-refractivity contribution in [2.75, 3.05) is 12.1 Å². The molecule has 0 radical (unpaired) electrons. The third-order valence-electron chi connectivity index (χ3n) is 8.25. The van der Waals surface area contributed by atoms with Crippen molar-refractivity contribution in [3.8, 4) is 5.75 Å². The van der Waals surface area contributed by atoms with Crippen molar-refractivity contribution in [3.63, 3.8) is 0 Å². The number of hydrogen-bond acceptors (Lipinski definition) is 4. The zero-order valence-corrected chi connectivity index (χ0v) is 20.8. The molecule has 2 aromatic carbocycles. The monoisotopic (exact) mass is 497 g/mol. The summed E-state index contributed by atoms with van der Waals surface area (Å²) >= 11 is 12.7. The van der Waals surface area contributed by atoms with Gasteiger partial charge in [0, 0.05) is 17.0 Å². The van der Waals surface area contributed by atoms with Crippen molar-refractivity contribution in [2.24, 2.45) is 22.9 Å². The Hall–Kier alpha value is -2.24. The van der Waals surface area contributed by atoms with Crippen molar-refractivity contribution in [1.29, 1.82) is 0 Å². The molecular weight excluding hydrogens is 469 g/mol. The zero-order valence-electron chi connectivity index (χ0n) is 19.3. The highest BCUT2D eigenvalue weighted by Gasteiger charge is 2.52. The minimum absolute atomic E-state index is 0.0342. The summed E-state index contributed by atoms with van der Waals surface area (Å²) in [6.45, 7) is 0. The lowest BCUT2D eigenvalue weighted by molar-refractivity contribution is -0.120. The van der Waals surface area contributed by atoms with E-state index >= 15 is 0 Å². The highest BCUT2D eigenvalue weighted by Crippen LogP contribution is 2.55. The molecule has 1 atom stereocenters. The predicted molar refractivity (Wildman–Crippen MR) is 136 cm³/mol. The number of nitrogens with zero attached hydrogens (tertiary/aromatic N) is 2. The maximum atomic E-state index is 13.6. The summed E-state index contributed by atoms with van der Waals surface area (Å²) in [7, 11) is 1.65. The third kappa shape index (κ3) is 3.97. The van der Waals surface area contributed by atoms with Crippen LogP contribution >= 0.6 is 23.2 Å². The average Bonchev–Trinajstić information content (AvgIpc) is 3.23. The second-order valence-electron chi connectivity index (χ2n) is 10.6. The van der Waals surface area contributed by atoms with Gasteiger partial charge in [0.15, 0.2) is 0 Å². The number of nitrogens with one attached hydrogen (secondary N) is 1.